The summed E-state index contributed by atoms with van der Waals surface area (Å²) in [5.74, 6) is -0.0623. The number of thiophene rings is 1. The molecule has 0 saturated carbocycles. The van der Waals surface area contributed by atoms with Gasteiger partial charge in [-0.25, -0.2) is 0 Å². The van der Waals surface area contributed by atoms with E-state index in [1.54, 1.807) is 4.90 Å². The lowest BCUT2D eigenvalue weighted by molar-refractivity contribution is -0.135. The molecule has 0 radical (unpaired) electrons. The highest BCUT2D eigenvalue weighted by atomic mass is 32.1. The number of amides is 2. The zero-order valence-corrected chi connectivity index (χ0v) is 22.8. The van der Waals surface area contributed by atoms with Crippen molar-refractivity contribution in [2.24, 2.45) is 5.41 Å². The number of carbonyl (C=O) groups excluding carboxylic acids is 2. The maximum Gasteiger partial charge on any atom is 0.399 e. The smallest absolute Gasteiger partial charge is 0.399 e. The Morgan fingerprint density at radius 2 is 1.82 bits per heavy atom. The van der Waals surface area contributed by atoms with Gasteiger partial charge in [-0.3, -0.25) is 14.2 Å². The number of para-hydroxylation sites is 1. The highest BCUT2D eigenvalue weighted by Gasteiger charge is 2.50. The van der Waals surface area contributed by atoms with Gasteiger partial charge in [-0.15, -0.1) is 11.3 Å². The molecular formula is C26H29F2N2O6PS. The molecule has 0 bridgehead atoms. The number of likely N-dealkylation sites (tertiary alicyclic amines) is 1. The van der Waals surface area contributed by atoms with Crippen LogP contribution in [-0.4, -0.2) is 51.7 Å². The Morgan fingerprint density at radius 1 is 1.13 bits per heavy atom. The van der Waals surface area contributed by atoms with E-state index < -0.39 is 36.2 Å². The predicted octanol–water partition coefficient (Wildman–Crippen LogP) is 4.95. The fourth-order valence-corrected chi connectivity index (χ4v) is 5.68. The second kappa shape index (κ2) is 10.4. The first kappa shape index (κ1) is 28.2. The fraction of sp³-hybridized carbons (Fsp3) is 0.385. The van der Waals surface area contributed by atoms with Crippen molar-refractivity contribution in [1.82, 2.24) is 10.2 Å². The number of fused-ring (bicyclic) bond motifs is 1. The molecule has 4 rings (SSSR count). The van der Waals surface area contributed by atoms with Gasteiger partial charge in [-0.05, 0) is 41.1 Å². The summed E-state index contributed by atoms with van der Waals surface area (Å²) in [5.41, 5.74) is -5.82. The molecular weight excluding hydrogens is 537 g/mol. The van der Waals surface area contributed by atoms with Crippen LogP contribution in [0, 0.1) is 5.41 Å². The van der Waals surface area contributed by atoms with Crippen LogP contribution in [0.3, 0.4) is 0 Å². The van der Waals surface area contributed by atoms with E-state index in [-0.39, 0.29) is 22.3 Å². The Balaban J connectivity index is 1.49. The van der Waals surface area contributed by atoms with Crippen molar-refractivity contribution in [3.63, 3.8) is 0 Å². The van der Waals surface area contributed by atoms with E-state index in [2.05, 4.69) is 5.32 Å². The van der Waals surface area contributed by atoms with Crippen LogP contribution >= 0.6 is 18.9 Å². The average molecular weight is 567 g/mol. The minimum Gasteiger partial charge on any atom is -0.489 e. The quantitative estimate of drug-likeness (QED) is 0.349. The lowest BCUT2D eigenvalue weighted by Gasteiger charge is -2.33. The molecule has 1 fully saturated rings. The normalized spacial score (nSPS) is 17.4. The molecule has 1 aliphatic rings. The number of nitrogens with one attached hydrogen (secondary N) is 1. The van der Waals surface area contributed by atoms with Gasteiger partial charge in [0.25, 0.3) is 5.91 Å². The second-order valence-electron chi connectivity index (χ2n) is 10.3. The van der Waals surface area contributed by atoms with Crippen molar-refractivity contribution in [3.05, 3.63) is 65.0 Å². The molecule has 8 nitrogen and oxygen atoms in total. The first-order valence-corrected chi connectivity index (χ1v) is 14.4. The summed E-state index contributed by atoms with van der Waals surface area (Å²) in [4.78, 5) is 46.6. The van der Waals surface area contributed by atoms with Crippen LogP contribution < -0.4 is 10.1 Å². The van der Waals surface area contributed by atoms with Gasteiger partial charge in [0.15, 0.2) is 0 Å². The lowest BCUT2D eigenvalue weighted by Crippen LogP contribution is -2.54. The van der Waals surface area contributed by atoms with Crippen molar-refractivity contribution in [3.8, 4) is 5.75 Å². The van der Waals surface area contributed by atoms with Crippen molar-refractivity contribution < 1.29 is 37.5 Å². The van der Waals surface area contributed by atoms with Gasteiger partial charge in [-0.2, -0.15) is 8.78 Å². The largest absolute Gasteiger partial charge is 0.489 e. The molecule has 38 heavy (non-hydrogen) atoms. The Kier molecular flexibility index (Phi) is 7.69. The predicted molar refractivity (Wildman–Crippen MR) is 141 cm³/mol. The first-order valence-electron chi connectivity index (χ1n) is 12.0. The minimum absolute atomic E-state index is 0.166. The third kappa shape index (κ3) is 5.91. The summed E-state index contributed by atoms with van der Waals surface area (Å²) in [7, 11) is -5.72. The molecule has 1 aromatic heterocycles. The van der Waals surface area contributed by atoms with E-state index in [9.17, 15) is 22.9 Å². The van der Waals surface area contributed by atoms with E-state index >= 15 is 0 Å². The molecule has 2 heterocycles. The average Bonchev–Trinajstić information content (AvgIpc) is 3.48. The highest BCUT2D eigenvalue weighted by molar-refractivity contribution is 7.52. The van der Waals surface area contributed by atoms with Gasteiger partial charge in [0.2, 0.25) is 5.91 Å². The van der Waals surface area contributed by atoms with E-state index in [4.69, 9.17) is 14.5 Å². The number of rotatable bonds is 7. The number of hydrogen-bond acceptors (Lipinski definition) is 5. The highest BCUT2D eigenvalue weighted by Crippen LogP contribution is 2.59. The summed E-state index contributed by atoms with van der Waals surface area (Å²) >= 11 is 1.03. The molecule has 2 amide bonds. The number of carbonyl (C=O) groups is 2. The van der Waals surface area contributed by atoms with E-state index in [1.807, 2.05) is 51.1 Å². The fourth-order valence-electron chi connectivity index (χ4n) is 4.26. The number of halogens is 2. The van der Waals surface area contributed by atoms with Gasteiger partial charge in [0, 0.05) is 23.2 Å². The zero-order chi connectivity index (χ0) is 27.9. The third-order valence-corrected chi connectivity index (χ3v) is 8.45. The second-order valence-corrected chi connectivity index (χ2v) is 13.1. The molecule has 1 saturated heterocycles. The van der Waals surface area contributed by atoms with Crippen LogP contribution in [0.2, 0.25) is 0 Å². The minimum atomic E-state index is -5.72. The Labute approximate surface area is 222 Å². The van der Waals surface area contributed by atoms with Gasteiger partial charge in [0.05, 0.1) is 11.4 Å². The number of alkyl halides is 2. The Hall–Kier alpha value is -2.85. The van der Waals surface area contributed by atoms with Crippen LogP contribution in [0.15, 0.2) is 54.6 Å². The summed E-state index contributed by atoms with van der Waals surface area (Å²) in [5, 5.41) is 3.05. The first-order chi connectivity index (χ1) is 17.7. The molecule has 0 aliphatic carbocycles. The zero-order valence-electron chi connectivity index (χ0n) is 21.1. The maximum absolute atomic E-state index is 14.2. The SMILES string of the molecule is CC(C)(C)[C@H](NC(=O)c1cc2cc(C(F)(F)P(=O)(O)O)ccc2s1)C(=O)N1CC[C@@H](Oc2ccccc2)C1. The third-order valence-electron chi connectivity index (χ3n) is 6.34. The molecule has 2 atom stereocenters. The summed E-state index contributed by atoms with van der Waals surface area (Å²) in [6.07, 6.45) is 0.490. The molecule has 3 N–H and O–H groups in total. The molecule has 1 aliphatic heterocycles. The maximum atomic E-state index is 14.2. The number of nitrogens with zero attached hydrogens (tertiary/aromatic N) is 1. The van der Waals surface area contributed by atoms with Crippen molar-refractivity contribution in [2.45, 2.75) is 45.0 Å². The summed E-state index contributed by atoms with van der Waals surface area (Å²) < 4.78 is 46.0. The number of hydrogen-bond donors (Lipinski definition) is 3. The van der Waals surface area contributed by atoms with Crippen LogP contribution in [-0.2, 0) is 15.0 Å². The van der Waals surface area contributed by atoms with Gasteiger partial charge in [-0.1, -0.05) is 45.0 Å². The van der Waals surface area contributed by atoms with E-state index in [0.717, 1.165) is 29.2 Å². The van der Waals surface area contributed by atoms with Crippen molar-refractivity contribution in [2.75, 3.05) is 13.1 Å². The van der Waals surface area contributed by atoms with Crippen LogP contribution in [0.5, 0.6) is 5.75 Å². The number of benzene rings is 2. The van der Waals surface area contributed by atoms with Crippen LogP contribution in [0.1, 0.15) is 42.4 Å². The topological polar surface area (TPSA) is 116 Å². The molecule has 0 spiro atoms. The Bertz CT molecular complexity index is 1390. The molecule has 2 aromatic carbocycles. The van der Waals surface area contributed by atoms with E-state index in [1.165, 1.54) is 12.1 Å². The molecule has 0 unspecified atom stereocenters. The molecule has 3 aromatic rings. The molecule has 12 heteroatoms. The van der Waals surface area contributed by atoms with Gasteiger partial charge >= 0.3 is 13.3 Å². The summed E-state index contributed by atoms with van der Waals surface area (Å²) in [6, 6.07) is 13.0. The summed E-state index contributed by atoms with van der Waals surface area (Å²) in [6.45, 7) is 6.38. The van der Waals surface area contributed by atoms with Crippen molar-refractivity contribution in [1.29, 1.82) is 0 Å². The van der Waals surface area contributed by atoms with Gasteiger partial charge in [0.1, 0.15) is 17.9 Å². The van der Waals surface area contributed by atoms with Crippen molar-refractivity contribution >= 4 is 40.8 Å². The molecule has 204 valence electrons. The van der Waals surface area contributed by atoms with E-state index in [0.29, 0.717) is 24.2 Å². The standard InChI is InChI=1S/C26H29F2N2O6PS/c1-25(2,3)22(24(32)30-12-11-19(15-30)36-18-7-5-4-6-8-18)29-23(31)21-14-16-13-17(9-10-20(16)38-21)26(27,28)37(33,34)35/h4-10,13-14,19,22H,11-12,15H2,1-3H3,(H,29,31)(H2,33,34,35)/t19-,22-/m1/s1. The van der Waals surface area contributed by atoms with Gasteiger partial charge < -0.3 is 24.7 Å². The number of ether oxygens (including phenoxy) is 1. The van der Waals surface area contributed by atoms with Crippen LogP contribution in [0.4, 0.5) is 8.78 Å². The lowest BCUT2D eigenvalue weighted by atomic mass is 9.85. The van der Waals surface area contributed by atoms with Crippen LogP contribution in [0.25, 0.3) is 10.1 Å². The monoisotopic (exact) mass is 566 g/mol. The Morgan fingerprint density at radius 3 is 2.45 bits per heavy atom.